The highest BCUT2D eigenvalue weighted by Gasteiger charge is 2.32. The molecule has 6 heteroatoms. The van der Waals surface area contributed by atoms with E-state index >= 15 is 0 Å². The molecule has 4 rings (SSSR count). The standard InChI is InChI=1S/C20H27N5O/c1-15-5-7-16(8-6-15)12-21-20(26)25-11-3-2-4-18(25)19-23-22-14-24(19)13-17-9-10-17/h5-8,14,17-18H,2-4,9-13H2,1H3,(H,21,26). The minimum absolute atomic E-state index is 0.00348. The summed E-state index contributed by atoms with van der Waals surface area (Å²) in [6.07, 6.45) is 7.55. The third kappa shape index (κ3) is 3.89. The normalized spacial score (nSPS) is 20.2. The van der Waals surface area contributed by atoms with Crippen molar-refractivity contribution in [2.24, 2.45) is 5.92 Å². The Bertz CT molecular complexity index is 750. The van der Waals surface area contributed by atoms with E-state index in [9.17, 15) is 4.79 Å². The van der Waals surface area contributed by atoms with Crippen molar-refractivity contribution in [3.05, 3.63) is 47.5 Å². The van der Waals surface area contributed by atoms with Crippen molar-refractivity contribution in [3.63, 3.8) is 0 Å². The number of piperidine rings is 1. The van der Waals surface area contributed by atoms with E-state index in [-0.39, 0.29) is 12.1 Å². The Kier molecular flexibility index (Phi) is 4.91. The van der Waals surface area contributed by atoms with Gasteiger partial charge in [0.15, 0.2) is 5.82 Å². The molecule has 1 unspecified atom stereocenters. The highest BCUT2D eigenvalue weighted by molar-refractivity contribution is 5.74. The molecule has 26 heavy (non-hydrogen) atoms. The van der Waals surface area contributed by atoms with Gasteiger partial charge in [0.1, 0.15) is 6.33 Å². The first-order valence-corrected chi connectivity index (χ1v) is 9.68. The van der Waals surface area contributed by atoms with Crippen molar-refractivity contribution in [3.8, 4) is 0 Å². The average molecular weight is 353 g/mol. The summed E-state index contributed by atoms with van der Waals surface area (Å²) in [5.41, 5.74) is 2.35. The fourth-order valence-electron chi connectivity index (χ4n) is 3.67. The molecule has 6 nitrogen and oxygen atoms in total. The third-order valence-electron chi connectivity index (χ3n) is 5.42. The van der Waals surface area contributed by atoms with Gasteiger partial charge in [0.2, 0.25) is 0 Å². The van der Waals surface area contributed by atoms with E-state index in [0.717, 1.165) is 49.7 Å². The molecule has 2 heterocycles. The molecule has 1 aliphatic carbocycles. The second-order valence-electron chi connectivity index (χ2n) is 7.63. The van der Waals surface area contributed by atoms with Crippen LogP contribution in [0.5, 0.6) is 0 Å². The zero-order valence-corrected chi connectivity index (χ0v) is 15.4. The summed E-state index contributed by atoms with van der Waals surface area (Å²) < 4.78 is 2.16. The first-order valence-electron chi connectivity index (χ1n) is 9.68. The number of hydrogen-bond acceptors (Lipinski definition) is 3. The van der Waals surface area contributed by atoms with Crippen molar-refractivity contribution < 1.29 is 4.79 Å². The molecular formula is C20H27N5O. The first kappa shape index (κ1) is 17.1. The van der Waals surface area contributed by atoms with Gasteiger partial charge in [0.25, 0.3) is 0 Å². The largest absolute Gasteiger partial charge is 0.334 e. The molecule has 2 fully saturated rings. The molecule has 1 aromatic carbocycles. The molecule has 0 bridgehead atoms. The maximum atomic E-state index is 12.8. The summed E-state index contributed by atoms with van der Waals surface area (Å²) in [5.74, 6) is 1.71. The molecule has 1 saturated heterocycles. The maximum absolute atomic E-state index is 12.8. The summed E-state index contributed by atoms with van der Waals surface area (Å²) in [4.78, 5) is 14.8. The highest BCUT2D eigenvalue weighted by atomic mass is 16.2. The quantitative estimate of drug-likeness (QED) is 0.896. The van der Waals surface area contributed by atoms with Crippen LogP contribution in [0.2, 0.25) is 0 Å². The minimum atomic E-state index is -0.00348. The third-order valence-corrected chi connectivity index (χ3v) is 5.42. The average Bonchev–Trinajstić information content (AvgIpc) is 3.36. The molecule has 2 amide bonds. The smallest absolute Gasteiger partial charge is 0.318 e. The van der Waals surface area contributed by atoms with E-state index < -0.39 is 0 Å². The second-order valence-corrected chi connectivity index (χ2v) is 7.63. The molecule has 1 aliphatic heterocycles. The molecule has 1 saturated carbocycles. The summed E-state index contributed by atoms with van der Waals surface area (Å²) in [6, 6.07) is 8.31. The predicted octanol–water partition coefficient (Wildman–Crippen LogP) is 3.43. The van der Waals surface area contributed by atoms with Crippen molar-refractivity contribution in [2.75, 3.05) is 6.54 Å². The zero-order valence-electron chi connectivity index (χ0n) is 15.4. The van der Waals surface area contributed by atoms with Crippen molar-refractivity contribution in [1.82, 2.24) is 25.0 Å². The van der Waals surface area contributed by atoms with Gasteiger partial charge in [-0.2, -0.15) is 0 Å². The van der Waals surface area contributed by atoms with Crippen LogP contribution in [0.4, 0.5) is 4.79 Å². The van der Waals surface area contributed by atoms with Crippen LogP contribution >= 0.6 is 0 Å². The van der Waals surface area contributed by atoms with E-state index in [2.05, 4.69) is 51.3 Å². The number of benzene rings is 1. The Hall–Kier alpha value is -2.37. The van der Waals surface area contributed by atoms with Crippen LogP contribution in [-0.2, 0) is 13.1 Å². The van der Waals surface area contributed by atoms with E-state index in [0.29, 0.717) is 6.54 Å². The molecule has 2 aliphatic rings. The van der Waals surface area contributed by atoms with E-state index in [1.165, 1.54) is 18.4 Å². The lowest BCUT2D eigenvalue weighted by Gasteiger charge is -2.35. The summed E-state index contributed by atoms with van der Waals surface area (Å²) in [6.45, 7) is 4.38. The van der Waals surface area contributed by atoms with Gasteiger partial charge >= 0.3 is 6.03 Å². The number of rotatable bonds is 5. The van der Waals surface area contributed by atoms with Gasteiger partial charge in [0.05, 0.1) is 6.04 Å². The van der Waals surface area contributed by atoms with Gasteiger partial charge in [-0.15, -0.1) is 10.2 Å². The van der Waals surface area contributed by atoms with Crippen molar-refractivity contribution in [1.29, 1.82) is 0 Å². The van der Waals surface area contributed by atoms with Gasteiger partial charge in [-0.3, -0.25) is 0 Å². The Morgan fingerprint density at radius 1 is 1.19 bits per heavy atom. The fraction of sp³-hybridized carbons (Fsp3) is 0.550. The van der Waals surface area contributed by atoms with Gasteiger partial charge in [-0.05, 0) is 50.5 Å². The zero-order chi connectivity index (χ0) is 17.9. The summed E-state index contributed by atoms with van der Waals surface area (Å²) in [7, 11) is 0. The van der Waals surface area contributed by atoms with E-state index in [1.54, 1.807) is 0 Å². The van der Waals surface area contributed by atoms with Crippen molar-refractivity contribution >= 4 is 6.03 Å². The predicted molar refractivity (Wildman–Crippen MR) is 99.5 cm³/mol. The van der Waals surface area contributed by atoms with Crippen LogP contribution in [0.3, 0.4) is 0 Å². The topological polar surface area (TPSA) is 63.1 Å². The van der Waals surface area contributed by atoms with Gasteiger partial charge < -0.3 is 14.8 Å². The number of nitrogens with zero attached hydrogens (tertiary/aromatic N) is 4. The molecule has 1 N–H and O–H groups in total. The Morgan fingerprint density at radius 2 is 2.00 bits per heavy atom. The monoisotopic (exact) mass is 353 g/mol. The second kappa shape index (κ2) is 7.48. The lowest BCUT2D eigenvalue weighted by molar-refractivity contribution is 0.145. The van der Waals surface area contributed by atoms with E-state index in [1.807, 2.05) is 11.2 Å². The number of carbonyl (C=O) groups excluding carboxylic acids is 1. The highest BCUT2D eigenvalue weighted by Crippen LogP contribution is 2.34. The molecular weight excluding hydrogens is 326 g/mol. The van der Waals surface area contributed by atoms with Crippen LogP contribution in [0.1, 0.15) is 55.1 Å². The van der Waals surface area contributed by atoms with Crippen LogP contribution in [-0.4, -0.2) is 32.2 Å². The number of amides is 2. The lowest BCUT2D eigenvalue weighted by atomic mass is 10.0. The minimum Gasteiger partial charge on any atom is -0.334 e. The molecule has 138 valence electrons. The van der Waals surface area contributed by atoms with E-state index in [4.69, 9.17) is 0 Å². The molecule has 1 atom stereocenters. The number of carbonyl (C=O) groups is 1. The van der Waals surface area contributed by atoms with Crippen molar-refractivity contribution in [2.45, 2.75) is 58.2 Å². The van der Waals surface area contributed by atoms with Crippen LogP contribution in [0, 0.1) is 12.8 Å². The maximum Gasteiger partial charge on any atom is 0.318 e. The summed E-state index contributed by atoms with van der Waals surface area (Å²) >= 11 is 0. The van der Waals surface area contributed by atoms with Crippen LogP contribution < -0.4 is 5.32 Å². The Labute approximate surface area is 154 Å². The van der Waals surface area contributed by atoms with Gasteiger partial charge in [-0.25, -0.2) is 4.79 Å². The number of urea groups is 1. The number of aryl methyl sites for hydroxylation is 1. The SMILES string of the molecule is Cc1ccc(CNC(=O)N2CCCCC2c2nncn2CC2CC2)cc1. The van der Waals surface area contributed by atoms with Gasteiger partial charge in [0, 0.05) is 19.6 Å². The van der Waals surface area contributed by atoms with Crippen LogP contribution in [0.15, 0.2) is 30.6 Å². The number of hydrogen-bond donors (Lipinski definition) is 1. The molecule has 0 radical (unpaired) electrons. The lowest BCUT2D eigenvalue weighted by Crippen LogP contribution is -2.45. The first-order chi connectivity index (χ1) is 12.7. The van der Waals surface area contributed by atoms with Gasteiger partial charge in [-0.1, -0.05) is 29.8 Å². The fourth-order valence-corrected chi connectivity index (χ4v) is 3.67. The number of nitrogens with one attached hydrogen (secondary N) is 1. The molecule has 2 aromatic rings. The van der Waals surface area contributed by atoms with Crippen LogP contribution in [0.25, 0.3) is 0 Å². The Balaban J connectivity index is 1.43. The number of aromatic nitrogens is 3. The Morgan fingerprint density at radius 3 is 2.77 bits per heavy atom. The summed E-state index contributed by atoms with van der Waals surface area (Å²) in [5, 5.41) is 11.6. The number of likely N-dealkylation sites (tertiary alicyclic amines) is 1. The molecule has 1 aromatic heterocycles. The molecule has 0 spiro atoms.